The first-order valence-electron chi connectivity index (χ1n) is 2.08. The summed E-state index contributed by atoms with van der Waals surface area (Å²) < 4.78 is 0. The number of aliphatic hydroxyl groups is 1. The normalized spacial score (nSPS) is 15.5. The van der Waals surface area contributed by atoms with Gasteiger partial charge in [-0.2, -0.15) is 0 Å². The Balaban J connectivity index is 2.99. The zero-order chi connectivity index (χ0) is 5.15. The highest BCUT2D eigenvalue weighted by molar-refractivity contribution is 4.58. The fraction of sp³-hybridized carbons (Fsp3) is 0.800. The lowest BCUT2D eigenvalue weighted by atomic mass is 10.1. The van der Waals surface area contributed by atoms with Crippen LogP contribution in [0.3, 0.4) is 0 Å². The largest absolute Gasteiger partial charge is 0.393 e. The van der Waals surface area contributed by atoms with Gasteiger partial charge in [0.1, 0.15) is 0 Å². The number of aliphatic hydroxyl groups excluding tert-OH is 1. The Bertz CT molecular complexity index is 24.9. The third-order valence-corrected chi connectivity index (χ3v) is 0.761. The highest BCUT2D eigenvalue weighted by Crippen LogP contribution is 1.95. The van der Waals surface area contributed by atoms with Crippen LogP contribution in [0.2, 0.25) is 0 Å². The van der Waals surface area contributed by atoms with E-state index in [0.29, 0.717) is 0 Å². The Morgan fingerprint density at radius 1 is 1.50 bits per heavy atom. The molecular formula is C5H10O. The van der Waals surface area contributed by atoms with Gasteiger partial charge in [0.15, 0.2) is 0 Å². The van der Waals surface area contributed by atoms with E-state index in [4.69, 9.17) is 12.0 Å². The van der Waals surface area contributed by atoms with Crippen molar-refractivity contribution in [3.8, 4) is 0 Å². The van der Waals surface area contributed by atoms with E-state index in [1.54, 1.807) is 13.8 Å². The molecule has 0 aliphatic carbocycles. The third-order valence-electron chi connectivity index (χ3n) is 0.761. The first-order chi connectivity index (χ1) is 2.64. The van der Waals surface area contributed by atoms with E-state index in [1.807, 2.05) is 0 Å². The Hall–Kier alpha value is -0.0400. The van der Waals surface area contributed by atoms with Gasteiger partial charge in [-0.3, -0.25) is 0 Å². The van der Waals surface area contributed by atoms with Crippen molar-refractivity contribution in [1.29, 1.82) is 0 Å². The molecule has 0 saturated heterocycles. The Labute approximate surface area is 39.0 Å². The van der Waals surface area contributed by atoms with Gasteiger partial charge in [-0.25, -0.2) is 0 Å². The molecule has 0 aliphatic heterocycles. The summed E-state index contributed by atoms with van der Waals surface area (Å²) >= 11 is 0. The van der Waals surface area contributed by atoms with Crippen LogP contribution in [-0.2, 0) is 0 Å². The van der Waals surface area contributed by atoms with Gasteiger partial charge in [-0.1, -0.05) is 6.92 Å². The van der Waals surface area contributed by atoms with Crippen LogP contribution < -0.4 is 0 Å². The van der Waals surface area contributed by atoms with Gasteiger partial charge in [-0.15, -0.1) is 0 Å². The molecule has 2 atom stereocenters. The molecule has 0 amide bonds. The summed E-state index contributed by atoms with van der Waals surface area (Å²) in [5.74, 6) is -0.0926. The molecule has 0 saturated carbocycles. The second kappa shape index (κ2) is 2.19. The average Bonchev–Trinajstić information content (AvgIpc) is 1.36. The van der Waals surface area contributed by atoms with Crippen molar-refractivity contribution in [1.82, 2.24) is 0 Å². The topological polar surface area (TPSA) is 20.2 Å². The zero-order valence-corrected chi connectivity index (χ0v) is 4.18. The maximum Gasteiger partial charge on any atom is 0.0540 e. The molecule has 0 heterocycles. The molecule has 6 heavy (non-hydrogen) atoms. The van der Waals surface area contributed by atoms with Gasteiger partial charge in [0, 0.05) is 0 Å². The van der Waals surface area contributed by atoms with E-state index < -0.39 is 0 Å². The number of hydrogen-bond donors (Lipinski definition) is 1. The molecule has 1 nitrogen and oxygen atoms in total. The molecule has 0 rings (SSSR count). The second-order valence-electron chi connectivity index (χ2n) is 1.60. The molecule has 0 spiro atoms. The van der Waals surface area contributed by atoms with Crippen LogP contribution in [0.5, 0.6) is 0 Å². The smallest absolute Gasteiger partial charge is 0.0540 e. The average molecular weight is 86.1 g/mol. The van der Waals surface area contributed by atoms with Crippen molar-refractivity contribution in [2.75, 3.05) is 0 Å². The molecule has 0 aromatic heterocycles. The van der Waals surface area contributed by atoms with E-state index in [-0.39, 0.29) is 12.0 Å². The molecule has 2 unspecified atom stereocenters. The Morgan fingerprint density at radius 2 is 1.67 bits per heavy atom. The van der Waals surface area contributed by atoms with Crippen LogP contribution in [-0.4, -0.2) is 11.2 Å². The third kappa shape index (κ3) is 2.21. The van der Waals surface area contributed by atoms with Crippen molar-refractivity contribution in [3.63, 3.8) is 0 Å². The Morgan fingerprint density at radius 3 is 1.67 bits per heavy atom. The van der Waals surface area contributed by atoms with Crippen molar-refractivity contribution < 1.29 is 5.11 Å². The predicted octanol–water partition coefficient (Wildman–Crippen LogP) is 0.714. The first kappa shape index (κ1) is 5.96. The minimum absolute atomic E-state index is 0.0926. The summed E-state index contributed by atoms with van der Waals surface area (Å²) in [6, 6.07) is 0. The summed E-state index contributed by atoms with van der Waals surface area (Å²) in [4.78, 5) is 0. The maximum atomic E-state index is 8.50. The van der Waals surface area contributed by atoms with Crippen molar-refractivity contribution in [2.45, 2.75) is 20.0 Å². The molecule has 36 valence electrons. The van der Waals surface area contributed by atoms with Gasteiger partial charge in [0.2, 0.25) is 0 Å². The molecule has 1 N–H and O–H groups in total. The second-order valence-corrected chi connectivity index (χ2v) is 1.60. The molecule has 1 heteroatoms. The highest BCUT2D eigenvalue weighted by Gasteiger charge is 1.98. The van der Waals surface area contributed by atoms with E-state index >= 15 is 0 Å². The van der Waals surface area contributed by atoms with Crippen molar-refractivity contribution in [2.24, 2.45) is 5.92 Å². The van der Waals surface area contributed by atoms with Crippen molar-refractivity contribution >= 4 is 0 Å². The SMILES string of the molecule is [CH]C(C)C(C)O. The quantitative estimate of drug-likeness (QED) is 0.498. The molecule has 0 aromatic rings. The van der Waals surface area contributed by atoms with Gasteiger partial charge in [0.05, 0.1) is 6.10 Å². The summed E-state index contributed by atoms with van der Waals surface area (Å²) in [5, 5.41) is 8.50. The minimum Gasteiger partial charge on any atom is -0.393 e. The van der Waals surface area contributed by atoms with Crippen LogP contribution in [0.25, 0.3) is 0 Å². The van der Waals surface area contributed by atoms with E-state index in [2.05, 4.69) is 0 Å². The van der Waals surface area contributed by atoms with Crippen LogP contribution in [0, 0.1) is 12.8 Å². The fourth-order valence-electron chi connectivity index (χ4n) is 0. The zero-order valence-electron chi connectivity index (χ0n) is 4.18. The lowest BCUT2D eigenvalue weighted by Gasteiger charge is -2.04. The van der Waals surface area contributed by atoms with Crippen LogP contribution >= 0.6 is 0 Å². The fourth-order valence-corrected chi connectivity index (χ4v) is 0. The van der Waals surface area contributed by atoms with Gasteiger partial charge in [0.25, 0.3) is 0 Å². The summed E-state index contributed by atoms with van der Waals surface area (Å²) in [7, 11) is 0. The monoisotopic (exact) mass is 86.1 g/mol. The van der Waals surface area contributed by atoms with Crippen LogP contribution in [0.1, 0.15) is 13.8 Å². The lowest BCUT2D eigenvalue weighted by Crippen LogP contribution is -2.07. The maximum absolute atomic E-state index is 8.50. The lowest BCUT2D eigenvalue weighted by molar-refractivity contribution is 0.156. The molecule has 0 aromatic carbocycles. The number of rotatable bonds is 1. The van der Waals surface area contributed by atoms with Gasteiger partial charge < -0.3 is 5.11 Å². The van der Waals surface area contributed by atoms with Crippen LogP contribution in [0.15, 0.2) is 0 Å². The molecule has 0 fully saturated rings. The molecule has 0 bridgehead atoms. The van der Waals surface area contributed by atoms with Gasteiger partial charge >= 0.3 is 0 Å². The standard InChI is InChI=1S/C5H10O/c1-4(2)5(3)6/h1,4-6H,2-3H3. The predicted molar refractivity (Wildman–Crippen MR) is 25.1 cm³/mol. The molecule has 0 aliphatic rings. The number of hydrogen-bond acceptors (Lipinski definition) is 1. The van der Waals surface area contributed by atoms with Crippen LogP contribution in [0.4, 0.5) is 0 Å². The van der Waals surface area contributed by atoms with Crippen molar-refractivity contribution in [3.05, 3.63) is 6.92 Å². The Kier molecular flexibility index (Phi) is 2.18. The molecule has 2 radical (unpaired) electrons. The highest BCUT2D eigenvalue weighted by atomic mass is 16.3. The summed E-state index contributed by atoms with van der Waals surface area (Å²) in [5.41, 5.74) is 0. The van der Waals surface area contributed by atoms with E-state index in [0.717, 1.165) is 0 Å². The molecular weight excluding hydrogens is 76.1 g/mol. The minimum atomic E-state index is -0.370. The van der Waals surface area contributed by atoms with E-state index in [1.165, 1.54) is 0 Å². The summed E-state index contributed by atoms with van der Waals surface area (Å²) in [6.45, 7) is 8.62. The summed E-state index contributed by atoms with van der Waals surface area (Å²) in [6.07, 6.45) is -0.370. The first-order valence-corrected chi connectivity index (χ1v) is 2.08. The van der Waals surface area contributed by atoms with E-state index in [9.17, 15) is 0 Å². The van der Waals surface area contributed by atoms with Gasteiger partial charge in [-0.05, 0) is 19.8 Å².